The molecule has 0 aliphatic carbocycles. The Hall–Kier alpha value is -2.27. The number of fused-ring (bicyclic) bond motifs is 4. The van der Waals surface area contributed by atoms with Crippen LogP contribution in [0, 0.1) is 0 Å². The first-order chi connectivity index (χ1) is 12.8. The Labute approximate surface area is 153 Å². The molecule has 2 fully saturated rings. The smallest absolute Gasteiger partial charge is 0.234 e. The molecule has 0 radical (unpaired) electrons. The molecule has 134 valence electrons. The minimum atomic E-state index is -0.465. The van der Waals surface area contributed by atoms with Gasteiger partial charge in [0, 0.05) is 37.4 Å². The zero-order valence-electron chi connectivity index (χ0n) is 14.8. The topological polar surface area (TPSA) is 55.3 Å². The lowest BCUT2D eigenvalue weighted by molar-refractivity contribution is -0.145. The molecule has 5 nitrogen and oxygen atoms in total. The second-order valence-electron chi connectivity index (χ2n) is 7.65. The normalized spacial score (nSPS) is 26.4. The van der Waals surface area contributed by atoms with Gasteiger partial charge in [0.1, 0.15) is 6.33 Å². The fourth-order valence-corrected chi connectivity index (χ4v) is 5.08. The quantitative estimate of drug-likeness (QED) is 0.837. The molecular formula is C21H23N3O2. The molecule has 26 heavy (non-hydrogen) atoms. The van der Waals surface area contributed by atoms with E-state index in [1.807, 2.05) is 24.4 Å². The van der Waals surface area contributed by atoms with E-state index in [-0.39, 0.29) is 18.0 Å². The van der Waals surface area contributed by atoms with Crippen molar-refractivity contribution in [1.82, 2.24) is 14.9 Å². The van der Waals surface area contributed by atoms with Crippen molar-refractivity contribution in [2.75, 3.05) is 13.2 Å². The van der Waals surface area contributed by atoms with E-state index in [4.69, 9.17) is 4.74 Å². The van der Waals surface area contributed by atoms with Crippen LogP contribution >= 0.6 is 0 Å². The molecule has 0 N–H and O–H groups in total. The summed E-state index contributed by atoms with van der Waals surface area (Å²) in [6.45, 7) is 1.28. The first kappa shape index (κ1) is 15.9. The summed E-state index contributed by atoms with van der Waals surface area (Å²) in [5, 5.41) is 0. The highest BCUT2D eigenvalue weighted by atomic mass is 16.5. The molecular weight excluding hydrogens is 326 g/mol. The van der Waals surface area contributed by atoms with Gasteiger partial charge in [0.05, 0.1) is 17.2 Å². The summed E-state index contributed by atoms with van der Waals surface area (Å²) in [7, 11) is 0. The summed E-state index contributed by atoms with van der Waals surface area (Å²) in [5.41, 5.74) is 2.93. The predicted octanol–water partition coefficient (Wildman–Crippen LogP) is 2.81. The fraction of sp³-hybridized carbons (Fsp3) is 0.476. The highest BCUT2D eigenvalue weighted by molar-refractivity contribution is 5.89. The molecule has 2 aromatic rings. The van der Waals surface area contributed by atoms with Gasteiger partial charge < -0.3 is 9.64 Å². The number of amides is 1. The molecule has 5 rings (SSSR count). The minimum Gasteiger partial charge on any atom is -0.381 e. The monoisotopic (exact) mass is 349 g/mol. The number of rotatable bonds is 2. The zero-order chi connectivity index (χ0) is 17.6. The number of aromatic nitrogens is 2. The third-order valence-electron chi connectivity index (χ3n) is 6.43. The summed E-state index contributed by atoms with van der Waals surface area (Å²) in [4.78, 5) is 24.8. The van der Waals surface area contributed by atoms with Crippen LogP contribution in [0.1, 0.15) is 48.5 Å². The molecule has 3 aliphatic rings. The SMILES string of the molecule is O=C(N1C2CCC1c1cncnc1C2)C1(c2ccccc2)CCOCC1. The van der Waals surface area contributed by atoms with Crippen LogP contribution in [0.3, 0.4) is 0 Å². The number of hydrogen-bond acceptors (Lipinski definition) is 4. The Morgan fingerprint density at radius 2 is 1.96 bits per heavy atom. The molecule has 1 amide bonds. The van der Waals surface area contributed by atoms with E-state index in [2.05, 4.69) is 27.0 Å². The fourth-order valence-electron chi connectivity index (χ4n) is 5.08. The second kappa shape index (κ2) is 6.16. The summed E-state index contributed by atoms with van der Waals surface area (Å²) in [5.74, 6) is 0.272. The van der Waals surface area contributed by atoms with Crippen LogP contribution in [0.4, 0.5) is 0 Å². The molecule has 2 bridgehead atoms. The first-order valence-electron chi connectivity index (χ1n) is 9.54. The van der Waals surface area contributed by atoms with Crippen molar-refractivity contribution in [3.63, 3.8) is 0 Å². The lowest BCUT2D eigenvalue weighted by Gasteiger charge is -2.44. The van der Waals surface area contributed by atoms with Crippen LogP contribution in [-0.4, -0.2) is 40.0 Å². The summed E-state index contributed by atoms with van der Waals surface area (Å²) in [6.07, 6.45) is 7.95. The molecule has 0 spiro atoms. The van der Waals surface area contributed by atoms with E-state index in [0.29, 0.717) is 13.2 Å². The van der Waals surface area contributed by atoms with Gasteiger partial charge in [-0.05, 0) is 31.2 Å². The van der Waals surface area contributed by atoms with Crippen molar-refractivity contribution >= 4 is 5.91 Å². The molecule has 3 aliphatic heterocycles. The summed E-state index contributed by atoms with van der Waals surface area (Å²) >= 11 is 0. The molecule has 0 saturated carbocycles. The van der Waals surface area contributed by atoms with Crippen LogP contribution < -0.4 is 0 Å². The number of nitrogens with zero attached hydrogens (tertiary/aromatic N) is 3. The van der Waals surface area contributed by atoms with Crippen molar-refractivity contribution < 1.29 is 9.53 Å². The van der Waals surface area contributed by atoms with E-state index >= 15 is 0 Å². The largest absolute Gasteiger partial charge is 0.381 e. The average Bonchev–Trinajstić information content (AvgIpc) is 3.03. The molecule has 2 atom stereocenters. The highest BCUT2D eigenvalue weighted by Crippen LogP contribution is 2.47. The van der Waals surface area contributed by atoms with Crippen molar-refractivity contribution in [3.8, 4) is 0 Å². The van der Waals surface area contributed by atoms with E-state index in [1.54, 1.807) is 6.33 Å². The first-order valence-corrected chi connectivity index (χ1v) is 9.54. The Balaban J connectivity index is 1.56. The van der Waals surface area contributed by atoms with Gasteiger partial charge >= 0.3 is 0 Å². The molecule has 1 aromatic heterocycles. The number of carbonyl (C=O) groups excluding carboxylic acids is 1. The number of ether oxygens (including phenoxy) is 1. The van der Waals surface area contributed by atoms with Crippen LogP contribution in [0.2, 0.25) is 0 Å². The second-order valence-corrected chi connectivity index (χ2v) is 7.65. The van der Waals surface area contributed by atoms with Gasteiger partial charge in [0.25, 0.3) is 0 Å². The van der Waals surface area contributed by atoms with Gasteiger partial charge in [-0.3, -0.25) is 4.79 Å². The van der Waals surface area contributed by atoms with E-state index in [0.717, 1.165) is 48.9 Å². The summed E-state index contributed by atoms with van der Waals surface area (Å²) in [6, 6.07) is 10.7. The van der Waals surface area contributed by atoms with Crippen LogP contribution in [0.5, 0.6) is 0 Å². The lowest BCUT2D eigenvalue weighted by atomic mass is 9.72. The van der Waals surface area contributed by atoms with Gasteiger partial charge in [0.2, 0.25) is 5.91 Å². The van der Waals surface area contributed by atoms with Gasteiger partial charge in [-0.2, -0.15) is 0 Å². The van der Waals surface area contributed by atoms with E-state index in [9.17, 15) is 4.79 Å². The standard InChI is InChI=1S/C21H23N3O2/c25-20(21(8-10-26-11-9-21)15-4-2-1-3-5-15)24-16-6-7-19(24)17-13-22-14-23-18(17)12-16/h1-5,13-14,16,19H,6-12H2. The van der Waals surface area contributed by atoms with Crippen molar-refractivity contribution in [1.29, 1.82) is 0 Å². The van der Waals surface area contributed by atoms with E-state index < -0.39 is 5.41 Å². The Morgan fingerprint density at radius 1 is 1.15 bits per heavy atom. The number of hydrogen-bond donors (Lipinski definition) is 0. The van der Waals surface area contributed by atoms with Gasteiger partial charge in [-0.1, -0.05) is 30.3 Å². The van der Waals surface area contributed by atoms with Crippen LogP contribution in [-0.2, 0) is 21.4 Å². The van der Waals surface area contributed by atoms with Gasteiger partial charge in [-0.15, -0.1) is 0 Å². The minimum absolute atomic E-state index is 0.126. The Kier molecular flexibility index (Phi) is 3.78. The summed E-state index contributed by atoms with van der Waals surface area (Å²) < 4.78 is 5.62. The van der Waals surface area contributed by atoms with Gasteiger partial charge in [0.15, 0.2) is 0 Å². The number of benzene rings is 1. The van der Waals surface area contributed by atoms with Crippen LogP contribution in [0.25, 0.3) is 0 Å². The Morgan fingerprint density at radius 3 is 2.77 bits per heavy atom. The third-order valence-corrected chi connectivity index (χ3v) is 6.43. The van der Waals surface area contributed by atoms with Crippen molar-refractivity contribution in [2.45, 2.75) is 49.6 Å². The predicted molar refractivity (Wildman–Crippen MR) is 96.5 cm³/mol. The molecule has 2 saturated heterocycles. The molecule has 5 heteroatoms. The van der Waals surface area contributed by atoms with Crippen molar-refractivity contribution in [3.05, 3.63) is 59.7 Å². The van der Waals surface area contributed by atoms with Crippen molar-refractivity contribution in [2.24, 2.45) is 0 Å². The van der Waals surface area contributed by atoms with E-state index in [1.165, 1.54) is 0 Å². The number of carbonyl (C=O) groups is 1. The molecule has 2 unspecified atom stereocenters. The average molecular weight is 349 g/mol. The maximum absolute atomic E-state index is 14.0. The highest BCUT2D eigenvalue weighted by Gasteiger charge is 2.51. The lowest BCUT2D eigenvalue weighted by Crippen LogP contribution is -2.53. The van der Waals surface area contributed by atoms with Gasteiger partial charge in [-0.25, -0.2) is 9.97 Å². The molecule has 4 heterocycles. The Bertz CT molecular complexity index is 817. The maximum atomic E-state index is 14.0. The zero-order valence-corrected chi connectivity index (χ0v) is 14.8. The van der Waals surface area contributed by atoms with Crippen LogP contribution in [0.15, 0.2) is 42.9 Å². The maximum Gasteiger partial charge on any atom is 0.234 e. The third kappa shape index (κ3) is 2.30. The molecule has 1 aromatic carbocycles.